The monoisotopic (exact) mass is 280 g/mol. The van der Waals surface area contributed by atoms with Crippen LogP contribution in [0.25, 0.3) is 0 Å². The predicted octanol–water partition coefficient (Wildman–Crippen LogP) is 1.62. The van der Waals surface area contributed by atoms with Gasteiger partial charge in [0, 0.05) is 31.1 Å². The molecule has 0 bridgehead atoms. The lowest BCUT2D eigenvalue weighted by Gasteiger charge is -2.35. The summed E-state index contributed by atoms with van der Waals surface area (Å²) in [6.07, 6.45) is 2.93. The Bertz CT molecular complexity index is 435. The topological polar surface area (TPSA) is 41.6 Å². The minimum Gasteiger partial charge on any atom is -0.363 e. The molecule has 19 heavy (non-hydrogen) atoms. The Morgan fingerprint density at radius 2 is 2.42 bits per heavy atom. The number of hydrogen-bond donors (Lipinski definition) is 1. The van der Waals surface area contributed by atoms with Crippen molar-refractivity contribution >= 4 is 17.2 Å². The van der Waals surface area contributed by atoms with E-state index in [9.17, 15) is 4.79 Å². The zero-order chi connectivity index (χ0) is 13.2. The van der Waals surface area contributed by atoms with Gasteiger partial charge in [-0.2, -0.15) is 0 Å². The minimum absolute atomic E-state index is 0.0233. The molecule has 3 heterocycles. The Morgan fingerprint density at radius 1 is 1.53 bits per heavy atom. The summed E-state index contributed by atoms with van der Waals surface area (Å²) >= 11 is 1.81. The first-order valence-electron chi connectivity index (χ1n) is 6.91. The highest BCUT2D eigenvalue weighted by molar-refractivity contribution is 7.09. The van der Waals surface area contributed by atoms with Crippen molar-refractivity contribution in [3.8, 4) is 0 Å². The SMILES string of the molecule is CNC(=O)[C@@H]1CC[C@@H]2[C@@H](CCN2Cc2cccs2)O1. The van der Waals surface area contributed by atoms with Crippen LogP contribution in [0.15, 0.2) is 17.5 Å². The van der Waals surface area contributed by atoms with Crippen molar-refractivity contribution in [1.82, 2.24) is 10.2 Å². The molecule has 0 aromatic carbocycles. The lowest BCUT2D eigenvalue weighted by molar-refractivity contribution is -0.143. The lowest BCUT2D eigenvalue weighted by Crippen LogP contribution is -2.46. The summed E-state index contributed by atoms with van der Waals surface area (Å²) in [4.78, 5) is 15.6. The van der Waals surface area contributed by atoms with Crippen molar-refractivity contribution in [2.45, 2.75) is 44.1 Å². The van der Waals surface area contributed by atoms with Gasteiger partial charge in [-0.05, 0) is 30.7 Å². The van der Waals surface area contributed by atoms with E-state index in [-0.39, 0.29) is 18.1 Å². The zero-order valence-electron chi connectivity index (χ0n) is 11.2. The van der Waals surface area contributed by atoms with Crippen molar-refractivity contribution in [3.63, 3.8) is 0 Å². The molecule has 104 valence electrons. The molecule has 2 fully saturated rings. The Balaban J connectivity index is 1.60. The molecule has 3 atom stereocenters. The van der Waals surface area contributed by atoms with Crippen molar-refractivity contribution in [2.75, 3.05) is 13.6 Å². The summed E-state index contributed by atoms with van der Waals surface area (Å²) in [7, 11) is 1.68. The molecule has 2 aliphatic heterocycles. The van der Waals surface area contributed by atoms with Gasteiger partial charge in [0.2, 0.25) is 5.91 Å². The molecule has 1 aromatic heterocycles. The zero-order valence-corrected chi connectivity index (χ0v) is 12.0. The number of nitrogens with one attached hydrogen (secondary N) is 1. The van der Waals surface area contributed by atoms with Crippen LogP contribution in [-0.2, 0) is 16.1 Å². The number of carbonyl (C=O) groups is 1. The molecule has 1 aromatic rings. The average molecular weight is 280 g/mol. The normalized spacial score (nSPS) is 31.1. The second-order valence-electron chi connectivity index (χ2n) is 5.26. The van der Waals surface area contributed by atoms with E-state index in [2.05, 4.69) is 27.7 Å². The molecule has 3 rings (SSSR count). The molecule has 5 heteroatoms. The molecule has 4 nitrogen and oxygen atoms in total. The summed E-state index contributed by atoms with van der Waals surface area (Å²) in [5.41, 5.74) is 0. The van der Waals surface area contributed by atoms with Crippen molar-refractivity contribution in [3.05, 3.63) is 22.4 Å². The number of fused-ring (bicyclic) bond motifs is 1. The fourth-order valence-electron chi connectivity index (χ4n) is 3.17. The minimum atomic E-state index is -0.243. The Kier molecular flexibility index (Phi) is 3.86. The first-order chi connectivity index (χ1) is 9.28. The Labute approximate surface area is 117 Å². The molecular formula is C14H20N2O2S. The Hall–Kier alpha value is -0.910. The summed E-state index contributed by atoms with van der Waals surface area (Å²) in [6, 6.07) is 4.78. The maximum atomic E-state index is 11.6. The van der Waals surface area contributed by atoms with Gasteiger partial charge < -0.3 is 10.1 Å². The molecule has 0 saturated carbocycles. The van der Waals surface area contributed by atoms with Crippen molar-refractivity contribution in [1.29, 1.82) is 0 Å². The van der Waals surface area contributed by atoms with Crippen LogP contribution in [0.1, 0.15) is 24.1 Å². The second-order valence-corrected chi connectivity index (χ2v) is 6.29. The molecule has 0 aliphatic carbocycles. The Morgan fingerprint density at radius 3 is 3.16 bits per heavy atom. The van der Waals surface area contributed by atoms with E-state index in [0.717, 1.165) is 32.4 Å². The van der Waals surface area contributed by atoms with Crippen molar-refractivity contribution in [2.24, 2.45) is 0 Å². The number of amides is 1. The molecular weight excluding hydrogens is 260 g/mol. The van der Waals surface area contributed by atoms with Crippen LogP contribution in [0.5, 0.6) is 0 Å². The number of hydrogen-bond acceptors (Lipinski definition) is 4. The average Bonchev–Trinajstić information content (AvgIpc) is 3.08. The van der Waals surface area contributed by atoms with E-state index in [1.165, 1.54) is 4.88 Å². The van der Waals surface area contributed by atoms with Gasteiger partial charge in [-0.3, -0.25) is 9.69 Å². The number of rotatable bonds is 3. The van der Waals surface area contributed by atoms with Crippen LogP contribution >= 0.6 is 11.3 Å². The summed E-state index contributed by atoms with van der Waals surface area (Å²) < 4.78 is 5.96. The van der Waals surface area contributed by atoms with Crippen LogP contribution in [0.2, 0.25) is 0 Å². The number of ether oxygens (including phenoxy) is 1. The lowest BCUT2D eigenvalue weighted by atomic mass is 9.98. The highest BCUT2D eigenvalue weighted by atomic mass is 32.1. The fraction of sp³-hybridized carbons (Fsp3) is 0.643. The van der Waals surface area contributed by atoms with Crippen LogP contribution in [-0.4, -0.2) is 42.6 Å². The summed E-state index contributed by atoms with van der Waals surface area (Å²) in [5.74, 6) is 0.0233. The second kappa shape index (κ2) is 5.61. The van der Waals surface area contributed by atoms with E-state index in [4.69, 9.17) is 4.74 Å². The smallest absolute Gasteiger partial charge is 0.248 e. The highest BCUT2D eigenvalue weighted by Crippen LogP contribution is 2.32. The van der Waals surface area contributed by atoms with Gasteiger partial charge >= 0.3 is 0 Å². The van der Waals surface area contributed by atoms with Gasteiger partial charge in [0.05, 0.1) is 6.10 Å². The van der Waals surface area contributed by atoms with Crippen LogP contribution in [0.3, 0.4) is 0 Å². The van der Waals surface area contributed by atoms with Crippen LogP contribution in [0, 0.1) is 0 Å². The number of likely N-dealkylation sites (tertiary alicyclic amines) is 1. The molecule has 2 aliphatic rings. The van der Waals surface area contributed by atoms with E-state index in [1.807, 2.05) is 11.3 Å². The van der Waals surface area contributed by atoms with Gasteiger partial charge in [-0.25, -0.2) is 0 Å². The predicted molar refractivity (Wildman–Crippen MR) is 75.1 cm³/mol. The molecule has 0 spiro atoms. The van der Waals surface area contributed by atoms with Gasteiger partial charge in [0.25, 0.3) is 0 Å². The van der Waals surface area contributed by atoms with Gasteiger partial charge in [-0.1, -0.05) is 6.07 Å². The first kappa shape index (κ1) is 13.1. The van der Waals surface area contributed by atoms with Crippen LogP contribution in [0.4, 0.5) is 0 Å². The molecule has 0 radical (unpaired) electrons. The van der Waals surface area contributed by atoms with Crippen LogP contribution < -0.4 is 5.32 Å². The van der Waals surface area contributed by atoms with Gasteiger partial charge in [0.1, 0.15) is 6.10 Å². The third-order valence-electron chi connectivity index (χ3n) is 4.14. The number of nitrogens with zero attached hydrogens (tertiary/aromatic N) is 1. The van der Waals surface area contributed by atoms with Gasteiger partial charge in [-0.15, -0.1) is 11.3 Å². The van der Waals surface area contributed by atoms with E-state index in [0.29, 0.717) is 6.04 Å². The summed E-state index contributed by atoms with van der Waals surface area (Å²) in [6.45, 7) is 2.10. The number of thiophene rings is 1. The number of carbonyl (C=O) groups excluding carboxylic acids is 1. The first-order valence-corrected chi connectivity index (χ1v) is 7.79. The van der Waals surface area contributed by atoms with E-state index >= 15 is 0 Å². The largest absolute Gasteiger partial charge is 0.363 e. The maximum absolute atomic E-state index is 11.6. The highest BCUT2D eigenvalue weighted by Gasteiger charge is 2.41. The standard InChI is InChI=1S/C14H20N2O2S/c1-15-14(17)13-5-4-11-12(18-13)6-7-16(11)9-10-3-2-8-19-10/h2-3,8,11-13H,4-7,9H2,1H3,(H,15,17)/t11-,12-,13+/m1/s1. The fourth-order valence-corrected chi connectivity index (χ4v) is 3.90. The molecule has 2 saturated heterocycles. The van der Waals surface area contributed by atoms with Gasteiger partial charge in [0.15, 0.2) is 0 Å². The maximum Gasteiger partial charge on any atom is 0.248 e. The third kappa shape index (κ3) is 2.68. The third-order valence-corrected chi connectivity index (χ3v) is 5.00. The summed E-state index contributed by atoms with van der Waals surface area (Å²) in [5, 5.41) is 4.81. The molecule has 0 unspecified atom stereocenters. The quantitative estimate of drug-likeness (QED) is 0.915. The molecule has 1 amide bonds. The molecule has 1 N–H and O–H groups in total. The van der Waals surface area contributed by atoms with Crippen molar-refractivity contribution < 1.29 is 9.53 Å². The van der Waals surface area contributed by atoms with E-state index in [1.54, 1.807) is 7.05 Å². The number of likely N-dealkylation sites (N-methyl/N-ethyl adjacent to an activating group) is 1. The van der Waals surface area contributed by atoms with E-state index < -0.39 is 0 Å².